The first kappa shape index (κ1) is 20.5. The van der Waals surface area contributed by atoms with Gasteiger partial charge in [-0.15, -0.1) is 11.8 Å². The van der Waals surface area contributed by atoms with Crippen molar-refractivity contribution >= 4 is 45.2 Å². The van der Waals surface area contributed by atoms with E-state index in [0.717, 1.165) is 20.7 Å². The quantitative estimate of drug-likeness (QED) is 0.428. The average Bonchev–Trinajstić information content (AvgIpc) is 3.32. The van der Waals surface area contributed by atoms with Crippen LogP contribution in [0.5, 0.6) is 11.5 Å². The molecule has 3 aromatic rings. The largest absolute Gasteiger partial charge is 0.465 e. The fourth-order valence-corrected chi connectivity index (χ4v) is 4.73. The first-order valence-corrected chi connectivity index (χ1v) is 11.4. The average molecular weight is 445 g/mol. The highest BCUT2D eigenvalue weighted by atomic mass is 32.2. The van der Waals surface area contributed by atoms with Crippen LogP contribution in [0.4, 0.5) is 0 Å². The summed E-state index contributed by atoms with van der Waals surface area (Å²) in [7, 11) is 0. The number of hydrogen-bond acceptors (Lipinski definition) is 7. The van der Waals surface area contributed by atoms with Gasteiger partial charge in [0.15, 0.2) is 16.3 Å². The highest BCUT2D eigenvalue weighted by molar-refractivity contribution is 7.98. The number of ether oxygens (including phenoxy) is 3. The molecule has 0 unspecified atom stereocenters. The Morgan fingerprint density at radius 1 is 1.20 bits per heavy atom. The summed E-state index contributed by atoms with van der Waals surface area (Å²) in [5.41, 5.74) is 1.64. The number of hydrogen-bond donors (Lipinski definition) is 0. The Labute approximate surface area is 181 Å². The second-order valence-corrected chi connectivity index (χ2v) is 8.37. The van der Waals surface area contributed by atoms with Gasteiger partial charge in [-0.3, -0.25) is 9.59 Å². The summed E-state index contributed by atoms with van der Waals surface area (Å²) in [5, 5.41) is 0. The zero-order chi connectivity index (χ0) is 21.1. The van der Waals surface area contributed by atoms with Crippen molar-refractivity contribution in [3.63, 3.8) is 0 Å². The molecule has 0 atom stereocenters. The summed E-state index contributed by atoms with van der Waals surface area (Å²) in [6.07, 6.45) is 2.13. The molecular formula is C21H20N2O5S2. The maximum absolute atomic E-state index is 12.7. The van der Waals surface area contributed by atoms with Crippen LogP contribution in [0.1, 0.15) is 12.5 Å². The molecule has 0 saturated heterocycles. The van der Waals surface area contributed by atoms with Crippen LogP contribution >= 0.6 is 23.1 Å². The van der Waals surface area contributed by atoms with E-state index in [2.05, 4.69) is 4.99 Å². The van der Waals surface area contributed by atoms with Crippen molar-refractivity contribution in [1.82, 2.24) is 4.57 Å². The molecule has 0 bridgehead atoms. The minimum absolute atomic E-state index is 0.00257. The van der Waals surface area contributed by atoms with Crippen LogP contribution in [0.25, 0.3) is 10.2 Å². The zero-order valence-corrected chi connectivity index (χ0v) is 18.2. The van der Waals surface area contributed by atoms with Gasteiger partial charge >= 0.3 is 5.97 Å². The van der Waals surface area contributed by atoms with E-state index >= 15 is 0 Å². The Morgan fingerprint density at radius 3 is 2.83 bits per heavy atom. The monoisotopic (exact) mass is 444 g/mol. The Hall–Kier alpha value is -2.78. The number of rotatable bonds is 6. The normalized spacial score (nSPS) is 13.1. The Bertz CT molecular complexity index is 1180. The molecule has 0 radical (unpaired) electrons. The van der Waals surface area contributed by atoms with Crippen LogP contribution < -0.4 is 14.3 Å². The van der Waals surface area contributed by atoms with E-state index in [9.17, 15) is 9.59 Å². The molecule has 1 amide bonds. The number of benzene rings is 2. The van der Waals surface area contributed by atoms with Crippen molar-refractivity contribution in [1.29, 1.82) is 0 Å². The van der Waals surface area contributed by atoms with Crippen molar-refractivity contribution in [2.45, 2.75) is 24.8 Å². The third-order valence-corrected chi connectivity index (χ3v) is 6.26. The van der Waals surface area contributed by atoms with Gasteiger partial charge in [-0.25, -0.2) is 0 Å². The minimum atomic E-state index is -0.365. The summed E-state index contributed by atoms with van der Waals surface area (Å²) in [6.45, 7) is 2.25. The van der Waals surface area contributed by atoms with Gasteiger partial charge in [0.1, 0.15) is 6.54 Å². The van der Waals surface area contributed by atoms with E-state index in [1.165, 1.54) is 11.3 Å². The molecule has 0 fully saturated rings. The first-order valence-electron chi connectivity index (χ1n) is 9.36. The summed E-state index contributed by atoms with van der Waals surface area (Å²) in [5.74, 6) is 0.632. The molecule has 0 saturated carbocycles. The number of amides is 1. The molecule has 1 aliphatic heterocycles. The SMILES string of the molecule is CCOC(=O)Cn1c(=NC(=O)Cc2ccc3c(c2)OCO3)sc2cc(SC)ccc21. The van der Waals surface area contributed by atoms with E-state index < -0.39 is 0 Å². The summed E-state index contributed by atoms with van der Waals surface area (Å²) in [4.78, 5) is 30.7. The highest BCUT2D eigenvalue weighted by Crippen LogP contribution is 2.32. The topological polar surface area (TPSA) is 79.1 Å². The Kier molecular flexibility index (Phi) is 6.10. The molecule has 7 nitrogen and oxygen atoms in total. The van der Waals surface area contributed by atoms with E-state index in [0.29, 0.717) is 22.9 Å². The molecular weight excluding hydrogens is 424 g/mol. The summed E-state index contributed by atoms with van der Waals surface area (Å²) >= 11 is 3.01. The van der Waals surface area contributed by atoms with Gasteiger partial charge in [-0.1, -0.05) is 17.4 Å². The van der Waals surface area contributed by atoms with Gasteiger partial charge < -0.3 is 18.8 Å². The van der Waals surface area contributed by atoms with Gasteiger partial charge in [0, 0.05) is 4.90 Å². The minimum Gasteiger partial charge on any atom is -0.465 e. The molecule has 156 valence electrons. The number of thioether (sulfide) groups is 1. The van der Waals surface area contributed by atoms with Crippen LogP contribution in [-0.4, -0.2) is 36.1 Å². The molecule has 1 aromatic heterocycles. The lowest BCUT2D eigenvalue weighted by Crippen LogP contribution is -2.23. The van der Waals surface area contributed by atoms with E-state index in [4.69, 9.17) is 14.2 Å². The third kappa shape index (κ3) is 4.36. The molecule has 9 heteroatoms. The fourth-order valence-electron chi connectivity index (χ4n) is 3.13. The molecule has 2 aromatic carbocycles. The Morgan fingerprint density at radius 2 is 2.03 bits per heavy atom. The van der Waals surface area contributed by atoms with Crippen LogP contribution in [-0.2, 0) is 27.3 Å². The lowest BCUT2D eigenvalue weighted by atomic mass is 10.1. The standard InChI is InChI=1S/C21H20N2O5S2/c1-3-26-20(25)11-23-15-6-5-14(29-2)10-18(15)30-21(23)22-19(24)9-13-4-7-16-17(8-13)28-12-27-16/h4-8,10H,3,9,11-12H2,1-2H3. The molecule has 4 rings (SSSR count). The lowest BCUT2D eigenvalue weighted by molar-refractivity contribution is -0.143. The molecule has 30 heavy (non-hydrogen) atoms. The first-order chi connectivity index (χ1) is 14.6. The van der Waals surface area contributed by atoms with E-state index in [1.54, 1.807) is 35.4 Å². The highest BCUT2D eigenvalue weighted by Gasteiger charge is 2.16. The predicted octanol–water partition coefficient (Wildman–Crippen LogP) is 3.39. The van der Waals surface area contributed by atoms with Crippen LogP contribution in [0, 0.1) is 0 Å². The number of nitrogens with zero attached hydrogens (tertiary/aromatic N) is 2. The van der Waals surface area contributed by atoms with Crippen LogP contribution in [0.2, 0.25) is 0 Å². The fraction of sp³-hybridized carbons (Fsp3) is 0.286. The number of fused-ring (bicyclic) bond motifs is 2. The van der Waals surface area contributed by atoms with Crippen molar-refractivity contribution in [3.05, 3.63) is 46.8 Å². The third-order valence-electron chi connectivity index (χ3n) is 4.50. The lowest BCUT2D eigenvalue weighted by Gasteiger charge is -2.05. The second kappa shape index (κ2) is 8.93. The van der Waals surface area contributed by atoms with Crippen molar-refractivity contribution < 1.29 is 23.8 Å². The van der Waals surface area contributed by atoms with Crippen molar-refractivity contribution in [3.8, 4) is 11.5 Å². The van der Waals surface area contributed by atoms with Crippen molar-refractivity contribution in [2.24, 2.45) is 4.99 Å². The molecule has 2 heterocycles. The number of aromatic nitrogens is 1. The predicted molar refractivity (Wildman–Crippen MR) is 115 cm³/mol. The van der Waals surface area contributed by atoms with E-state index in [-0.39, 0.29) is 31.6 Å². The number of esters is 1. The van der Waals surface area contributed by atoms with Gasteiger partial charge in [-0.2, -0.15) is 4.99 Å². The van der Waals surface area contributed by atoms with Gasteiger partial charge in [-0.05, 0) is 49.1 Å². The molecule has 1 aliphatic rings. The molecule has 0 aliphatic carbocycles. The maximum atomic E-state index is 12.7. The van der Waals surface area contributed by atoms with Crippen LogP contribution in [0.15, 0.2) is 46.3 Å². The maximum Gasteiger partial charge on any atom is 0.326 e. The Balaban J connectivity index is 1.67. The number of carbonyl (C=O) groups excluding carboxylic acids is 2. The number of carbonyl (C=O) groups is 2. The smallest absolute Gasteiger partial charge is 0.326 e. The van der Waals surface area contributed by atoms with Crippen molar-refractivity contribution in [2.75, 3.05) is 19.7 Å². The van der Waals surface area contributed by atoms with E-state index in [1.807, 2.05) is 30.5 Å². The molecule has 0 N–H and O–H groups in total. The molecule has 0 spiro atoms. The van der Waals surface area contributed by atoms with Gasteiger partial charge in [0.05, 0.1) is 23.2 Å². The zero-order valence-electron chi connectivity index (χ0n) is 16.5. The van der Waals surface area contributed by atoms with Gasteiger partial charge in [0.2, 0.25) is 6.79 Å². The van der Waals surface area contributed by atoms with Gasteiger partial charge in [0.25, 0.3) is 5.91 Å². The summed E-state index contributed by atoms with van der Waals surface area (Å²) < 4.78 is 18.5. The van der Waals surface area contributed by atoms with Crippen LogP contribution in [0.3, 0.4) is 0 Å². The number of thiazole rings is 1. The summed E-state index contributed by atoms with van der Waals surface area (Å²) in [6, 6.07) is 11.4. The second-order valence-electron chi connectivity index (χ2n) is 6.48.